The Hall–Kier alpha value is -3.52. The number of carbonyl (C=O) groups excluding carboxylic acids is 1. The molecule has 0 bridgehead atoms. The predicted octanol–water partition coefficient (Wildman–Crippen LogP) is 3.50. The van der Waals surface area contributed by atoms with E-state index in [9.17, 15) is 4.79 Å². The van der Waals surface area contributed by atoms with Gasteiger partial charge in [0.1, 0.15) is 5.75 Å². The van der Waals surface area contributed by atoms with Gasteiger partial charge in [0, 0.05) is 23.2 Å². The van der Waals surface area contributed by atoms with Gasteiger partial charge in [-0.25, -0.2) is 0 Å². The zero-order chi connectivity index (χ0) is 20.8. The molecule has 7 nitrogen and oxygen atoms in total. The molecule has 3 aromatic rings. The SMILES string of the molecule is COc1cc(OC)c(C(=O)NNC(=S)Nc2cccc3ccccc23)cc1OC. The average Bonchev–Trinajstić information content (AvgIpc) is 2.76. The number of anilines is 1. The number of methoxy groups -OCH3 is 3. The van der Waals surface area contributed by atoms with Crippen LogP contribution in [0.5, 0.6) is 17.2 Å². The number of hydrogen-bond acceptors (Lipinski definition) is 5. The first-order valence-electron chi connectivity index (χ1n) is 8.72. The number of thiocarbonyl (C=S) groups is 1. The largest absolute Gasteiger partial charge is 0.496 e. The summed E-state index contributed by atoms with van der Waals surface area (Å²) in [6.07, 6.45) is 0. The molecule has 0 saturated carbocycles. The van der Waals surface area contributed by atoms with E-state index in [1.807, 2.05) is 42.5 Å². The molecule has 0 aliphatic heterocycles. The lowest BCUT2D eigenvalue weighted by atomic mass is 10.1. The third-order valence-corrected chi connectivity index (χ3v) is 4.48. The number of hydrogen-bond donors (Lipinski definition) is 3. The Morgan fingerprint density at radius 3 is 2.21 bits per heavy atom. The minimum Gasteiger partial charge on any atom is -0.496 e. The van der Waals surface area contributed by atoms with E-state index in [0.29, 0.717) is 17.2 Å². The van der Waals surface area contributed by atoms with Gasteiger partial charge in [-0.1, -0.05) is 36.4 Å². The van der Waals surface area contributed by atoms with Gasteiger partial charge in [-0.05, 0) is 23.7 Å². The molecule has 29 heavy (non-hydrogen) atoms. The molecule has 0 spiro atoms. The van der Waals surface area contributed by atoms with Gasteiger partial charge in [0.05, 0.1) is 26.9 Å². The number of carbonyl (C=O) groups is 1. The highest BCUT2D eigenvalue weighted by atomic mass is 32.1. The van der Waals surface area contributed by atoms with Crippen molar-refractivity contribution in [2.24, 2.45) is 0 Å². The number of ether oxygens (including phenoxy) is 3. The molecule has 0 aliphatic rings. The fourth-order valence-electron chi connectivity index (χ4n) is 2.88. The van der Waals surface area contributed by atoms with Crippen LogP contribution in [-0.4, -0.2) is 32.3 Å². The molecular formula is C21H21N3O4S. The highest BCUT2D eigenvalue weighted by Crippen LogP contribution is 2.34. The van der Waals surface area contributed by atoms with Crippen LogP contribution in [0.4, 0.5) is 5.69 Å². The minimum atomic E-state index is -0.440. The molecule has 150 valence electrons. The number of benzene rings is 3. The Morgan fingerprint density at radius 1 is 0.828 bits per heavy atom. The van der Waals surface area contributed by atoms with Gasteiger partial charge in [-0.15, -0.1) is 0 Å². The van der Waals surface area contributed by atoms with Crippen molar-refractivity contribution in [3.8, 4) is 17.2 Å². The van der Waals surface area contributed by atoms with E-state index >= 15 is 0 Å². The molecule has 0 aromatic heterocycles. The first kappa shape index (κ1) is 20.2. The van der Waals surface area contributed by atoms with Crippen LogP contribution in [0.15, 0.2) is 54.6 Å². The molecule has 0 fully saturated rings. The van der Waals surface area contributed by atoms with Crippen molar-refractivity contribution in [1.29, 1.82) is 0 Å². The van der Waals surface area contributed by atoms with Crippen LogP contribution in [0, 0.1) is 0 Å². The molecule has 1 amide bonds. The Labute approximate surface area is 173 Å². The predicted molar refractivity (Wildman–Crippen MR) is 117 cm³/mol. The summed E-state index contributed by atoms with van der Waals surface area (Å²) >= 11 is 5.30. The summed E-state index contributed by atoms with van der Waals surface area (Å²) in [5, 5.41) is 5.44. The van der Waals surface area contributed by atoms with Crippen LogP contribution in [0.2, 0.25) is 0 Å². The Balaban J connectivity index is 1.71. The molecule has 0 radical (unpaired) electrons. The van der Waals surface area contributed by atoms with Gasteiger partial charge in [-0.3, -0.25) is 15.6 Å². The van der Waals surface area contributed by atoms with Gasteiger partial charge in [0.2, 0.25) is 0 Å². The zero-order valence-corrected chi connectivity index (χ0v) is 17.1. The van der Waals surface area contributed by atoms with Crippen molar-refractivity contribution >= 4 is 39.7 Å². The lowest BCUT2D eigenvalue weighted by molar-refractivity contribution is 0.0940. The fraction of sp³-hybridized carbons (Fsp3) is 0.143. The molecule has 0 atom stereocenters. The van der Waals surface area contributed by atoms with E-state index in [0.717, 1.165) is 16.5 Å². The highest BCUT2D eigenvalue weighted by Gasteiger charge is 2.18. The van der Waals surface area contributed by atoms with Crippen molar-refractivity contribution < 1.29 is 19.0 Å². The van der Waals surface area contributed by atoms with Gasteiger partial charge in [0.25, 0.3) is 5.91 Å². The van der Waals surface area contributed by atoms with Crippen molar-refractivity contribution in [1.82, 2.24) is 10.9 Å². The third-order valence-electron chi connectivity index (χ3n) is 4.28. The maximum absolute atomic E-state index is 12.6. The second kappa shape index (κ2) is 9.11. The summed E-state index contributed by atoms with van der Waals surface area (Å²) in [6.45, 7) is 0. The van der Waals surface area contributed by atoms with Crippen LogP contribution in [0.25, 0.3) is 10.8 Å². The molecule has 8 heteroatoms. The van der Waals surface area contributed by atoms with Crippen molar-refractivity contribution in [3.63, 3.8) is 0 Å². The maximum Gasteiger partial charge on any atom is 0.273 e. The molecule has 3 N–H and O–H groups in total. The first-order valence-corrected chi connectivity index (χ1v) is 9.13. The molecule has 0 unspecified atom stereocenters. The second-order valence-corrected chi connectivity index (χ2v) is 6.38. The van der Waals surface area contributed by atoms with Gasteiger partial charge < -0.3 is 19.5 Å². The van der Waals surface area contributed by atoms with Crippen LogP contribution < -0.4 is 30.4 Å². The molecule has 0 saturated heterocycles. The summed E-state index contributed by atoms with van der Waals surface area (Å²) in [4.78, 5) is 12.6. The van der Waals surface area contributed by atoms with Crippen molar-refractivity contribution in [2.75, 3.05) is 26.6 Å². The van der Waals surface area contributed by atoms with E-state index in [-0.39, 0.29) is 10.7 Å². The lowest BCUT2D eigenvalue weighted by Crippen LogP contribution is -2.43. The van der Waals surface area contributed by atoms with Gasteiger partial charge in [-0.2, -0.15) is 0 Å². The van der Waals surface area contributed by atoms with E-state index in [1.165, 1.54) is 27.4 Å². The van der Waals surface area contributed by atoms with Crippen LogP contribution in [-0.2, 0) is 0 Å². The lowest BCUT2D eigenvalue weighted by Gasteiger charge is -2.16. The van der Waals surface area contributed by atoms with E-state index < -0.39 is 5.91 Å². The Kier molecular flexibility index (Phi) is 6.36. The average molecular weight is 411 g/mol. The first-order chi connectivity index (χ1) is 14.1. The molecular weight excluding hydrogens is 390 g/mol. The number of fused-ring (bicyclic) bond motifs is 1. The summed E-state index contributed by atoms with van der Waals surface area (Å²) in [5.74, 6) is 0.775. The summed E-state index contributed by atoms with van der Waals surface area (Å²) < 4.78 is 15.8. The second-order valence-electron chi connectivity index (χ2n) is 5.97. The van der Waals surface area contributed by atoms with E-state index in [4.69, 9.17) is 26.4 Å². The fourth-order valence-corrected chi connectivity index (χ4v) is 3.04. The number of nitrogens with one attached hydrogen (secondary N) is 3. The van der Waals surface area contributed by atoms with Crippen LogP contribution in [0.3, 0.4) is 0 Å². The van der Waals surface area contributed by atoms with Gasteiger partial charge >= 0.3 is 0 Å². The zero-order valence-electron chi connectivity index (χ0n) is 16.2. The topological polar surface area (TPSA) is 80.9 Å². The normalized spacial score (nSPS) is 10.2. The quantitative estimate of drug-likeness (QED) is 0.438. The third kappa shape index (κ3) is 4.49. The summed E-state index contributed by atoms with van der Waals surface area (Å²) in [5.41, 5.74) is 6.37. The molecule has 0 aliphatic carbocycles. The molecule has 3 rings (SSSR count). The van der Waals surface area contributed by atoms with Gasteiger partial charge in [0.15, 0.2) is 16.6 Å². The Morgan fingerprint density at radius 2 is 1.48 bits per heavy atom. The Bertz CT molecular complexity index is 1050. The molecule has 3 aromatic carbocycles. The van der Waals surface area contributed by atoms with Crippen LogP contribution in [0.1, 0.15) is 10.4 Å². The van der Waals surface area contributed by atoms with Crippen molar-refractivity contribution in [3.05, 3.63) is 60.2 Å². The summed E-state index contributed by atoms with van der Waals surface area (Å²) in [7, 11) is 4.47. The van der Waals surface area contributed by atoms with Crippen LogP contribution >= 0.6 is 12.2 Å². The monoisotopic (exact) mass is 411 g/mol. The number of amides is 1. The number of rotatable bonds is 5. The van der Waals surface area contributed by atoms with Crippen molar-refractivity contribution in [2.45, 2.75) is 0 Å². The summed E-state index contributed by atoms with van der Waals surface area (Å²) in [6, 6.07) is 16.9. The van der Waals surface area contributed by atoms with E-state index in [2.05, 4.69) is 16.2 Å². The standard InChI is InChI=1S/C21H21N3O4S/c1-26-17-12-19(28-3)18(27-2)11-15(17)20(25)23-24-21(29)22-16-10-6-8-13-7-4-5-9-14(13)16/h4-12H,1-3H3,(H,23,25)(H2,22,24,29). The smallest absolute Gasteiger partial charge is 0.273 e. The molecule has 0 heterocycles. The maximum atomic E-state index is 12.6. The van der Waals surface area contributed by atoms with E-state index in [1.54, 1.807) is 6.07 Å². The highest BCUT2D eigenvalue weighted by molar-refractivity contribution is 7.80. The minimum absolute atomic E-state index is 0.245. The number of hydrazine groups is 1.